The van der Waals surface area contributed by atoms with E-state index in [-0.39, 0.29) is 5.43 Å². The molecule has 0 saturated carbocycles. The van der Waals surface area contributed by atoms with Gasteiger partial charge in [-0.2, -0.15) is 0 Å². The molecule has 1 atom stereocenters. The molecule has 0 aliphatic carbocycles. The van der Waals surface area contributed by atoms with E-state index in [1.807, 2.05) is 18.4 Å². The van der Waals surface area contributed by atoms with Crippen molar-refractivity contribution in [3.8, 4) is 16.3 Å². The molecule has 1 unspecified atom stereocenters. The third-order valence-corrected chi connectivity index (χ3v) is 5.77. The Morgan fingerprint density at radius 1 is 1.27 bits per heavy atom. The van der Waals surface area contributed by atoms with E-state index in [0.29, 0.717) is 33.9 Å². The Bertz CT molecular complexity index is 1080. The number of unbranched alkanes of at least 4 members (excludes halogenated alkanes) is 2. The standard InChI is InChI=1S/C23H27NO5S/c1-5-7-8-9-16-10-17-20(11-19(16)29-15(4)23(26)27-6-2)28-12-18(21(17)25)22-24-14(3)13-30-22/h10-13,15H,5-9H2,1-4H3. The fourth-order valence-corrected chi connectivity index (χ4v) is 4.00. The second-order valence-corrected chi connectivity index (χ2v) is 8.06. The van der Waals surface area contributed by atoms with Crippen LogP contribution in [0.4, 0.5) is 0 Å². The van der Waals surface area contributed by atoms with E-state index in [4.69, 9.17) is 13.9 Å². The average Bonchev–Trinajstić information content (AvgIpc) is 3.15. The number of hydrogen-bond acceptors (Lipinski definition) is 7. The van der Waals surface area contributed by atoms with Crippen LogP contribution in [-0.4, -0.2) is 23.7 Å². The maximum atomic E-state index is 13.1. The van der Waals surface area contributed by atoms with Crippen LogP contribution in [0.5, 0.6) is 5.75 Å². The summed E-state index contributed by atoms with van der Waals surface area (Å²) in [5, 5.41) is 3.04. The zero-order valence-electron chi connectivity index (χ0n) is 17.8. The summed E-state index contributed by atoms with van der Waals surface area (Å²) in [4.78, 5) is 29.6. The Balaban J connectivity index is 2.03. The van der Waals surface area contributed by atoms with Crippen molar-refractivity contribution in [2.75, 3.05) is 6.61 Å². The van der Waals surface area contributed by atoms with Crippen molar-refractivity contribution in [2.24, 2.45) is 0 Å². The van der Waals surface area contributed by atoms with Gasteiger partial charge in [0.2, 0.25) is 5.43 Å². The molecule has 6 nitrogen and oxygen atoms in total. The second kappa shape index (κ2) is 9.89. The fourth-order valence-electron chi connectivity index (χ4n) is 3.20. The molecule has 30 heavy (non-hydrogen) atoms. The molecule has 0 amide bonds. The van der Waals surface area contributed by atoms with Crippen molar-refractivity contribution < 1.29 is 18.7 Å². The van der Waals surface area contributed by atoms with Gasteiger partial charge < -0.3 is 13.9 Å². The fraction of sp³-hybridized carbons (Fsp3) is 0.435. The predicted octanol–water partition coefficient (Wildman–Crippen LogP) is 5.29. The normalized spacial score (nSPS) is 12.1. The van der Waals surface area contributed by atoms with Crippen molar-refractivity contribution >= 4 is 28.3 Å². The van der Waals surface area contributed by atoms with Gasteiger partial charge in [0.05, 0.1) is 17.6 Å². The van der Waals surface area contributed by atoms with Crippen LogP contribution >= 0.6 is 11.3 Å². The van der Waals surface area contributed by atoms with E-state index in [0.717, 1.165) is 36.9 Å². The number of ether oxygens (including phenoxy) is 2. The first kappa shape index (κ1) is 22.0. The van der Waals surface area contributed by atoms with Gasteiger partial charge in [0, 0.05) is 17.1 Å². The molecule has 0 saturated heterocycles. The molecule has 0 aliphatic heterocycles. The van der Waals surface area contributed by atoms with Crippen molar-refractivity contribution in [1.29, 1.82) is 0 Å². The molecule has 1 aromatic carbocycles. The Labute approximate surface area is 179 Å². The van der Waals surface area contributed by atoms with Crippen molar-refractivity contribution in [1.82, 2.24) is 4.98 Å². The molecular weight excluding hydrogens is 402 g/mol. The van der Waals surface area contributed by atoms with Crippen LogP contribution in [0.25, 0.3) is 21.5 Å². The van der Waals surface area contributed by atoms with E-state index in [1.165, 1.54) is 17.6 Å². The number of nitrogens with zero attached hydrogens (tertiary/aromatic N) is 1. The first-order valence-electron chi connectivity index (χ1n) is 10.3. The van der Waals surface area contributed by atoms with Crippen molar-refractivity contribution in [2.45, 2.75) is 59.5 Å². The van der Waals surface area contributed by atoms with Crippen molar-refractivity contribution in [3.63, 3.8) is 0 Å². The van der Waals surface area contributed by atoms with Gasteiger partial charge in [-0.1, -0.05) is 19.8 Å². The first-order chi connectivity index (χ1) is 14.4. The molecule has 7 heteroatoms. The highest BCUT2D eigenvalue weighted by atomic mass is 32.1. The molecule has 0 N–H and O–H groups in total. The van der Waals surface area contributed by atoms with Crippen LogP contribution in [-0.2, 0) is 16.0 Å². The number of esters is 1. The largest absolute Gasteiger partial charge is 0.479 e. The highest BCUT2D eigenvalue weighted by molar-refractivity contribution is 7.13. The molecule has 0 radical (unpaired) electrons. The molecule has 3 rings (SSSR count). The van der Waals surface area contributed by atoms with E-state index in [1.54, 1.807) is 19.9 Å². The number of rotatable bonds is 9. The molecule has 0 spiro atoms. The number of carbonyl (C=O) groups excluding carboxylic acids is 1. The zero-order chi connectivity index (χ0) is 21.7. The van der Waals surface area contributed by atoms with Crippen LogP contribution < -0.4 is 10.2 Å². The lowest BCUT2D eigenvalue weighted by Gasteiger charge is -2.17. The van der Waals surface area contributed by atoms with Crippen LogP contribution in [0, 0.1) is 6.92 Å². The average molecular weight is 430 g/mol. The number of aryl methyl sites for hydroxylation is 2. The molecule has 0 fully saturated rings. The molecule has 2 aromatic heterocycles. The zero-order valence-corrected chi connectivity index (χ0v) is 18.6. The van der Waals surface area contributed by atoms with Gasteiger partial charge in [-0.25, -0.2) is 9.78 Å². The Hall–Kier alpha value is -2.67. The third-order valence-electron chi connectivity index (χ3n) is 4.78. The van der Waals surface area contributed by atoms with Crippen LogP contribution in [0.1, 0.15) is 51.3 Å². The minimum atomic E-state index is -0.753. The monoisotopic (exact) mass is 429 g/mol. The molecule has 0 aliphatic rings. The van der Waals surface area contributed by atoms with Gasteiger partial charge in [-0.15, -0.1) is 11.3 Å². The molecular formula is C23H27NO5S. The van der Waals surface area contributed by atoms with Gasteiger partial charge >= 0.3 is 5.97 Å². The highest BCUT2D eigenvalue weighted by Crippen LogP contribution is 2.30. The second-order valence-electron chi connectivity index (χ2n) is 7.20. The highest BCUT2D eigenvalue weighted by Gasteiger charge is 2.20. The molecule has 160 valence electrons. The number of aromatic nitrogens is 1. The maximum absolute atomic E-state index is 13.1. The summed E-state index contributed by atoms with van der Waals surface area (Å²) in [6.45, 7) is 7.73. The minimum absolute atomic E-state index is 0.118. The molecule has 3 aromatic rings. The van der Waals surface area contributed by atoms with Gasteiger partial charge in [0.15, 0.2) is 6.10 Å². The Morgan fingerprint density at radius 2 is 2.07 bits per heavy atom. The van der Waals surface area contributed by atoms with E-state index >= 15 is 0 Å². The summed E-state index contributed by atoms with van der Waals surface area (Å²) < 4.78 is 16.7. The number of thiazole rings is 1. The van der Waals surface area contributed by atoms with Crippen LogP contribution in [0.2, 0.25) is 0 Å². The lowest BCUT2D eigenvalue weighted by Crippen LogP contribution is -2.26. The quantitative estimate of drug-likeness (QED) is 0.340. The number of hydrogen-bond donors (Lipinski definition) is 0. The lowest BCUT2D eigenvalue weighted by atomic mass is 10.0. The van der Waals surface area contributed by atoms with Gasteiger partial charge in [-0.3, -0.25) is 4.79 Å². The Kier molecular flexibility index (Phi) is 7.26. The topological polar surface area (TPSA) is 78.6 Å². The SMILES string of the molecule is CCCCCc1cc2c(=O)c(-c3nc(C)cs3)coc2cc1OC(C)C(=O)OCC. The van der Waals surface area contributed by atoms with Crippen LogP contribution in [0.3, 0.4) is 0 Å². The summed E-state index contributed by atoms with van der Waals surface area (Å²) in [6.07, 6.45) is 4.54. The lowest BCUT2D eigenvalue weighted by molar-refractivity contribution is -0.150. The number of fused-ring (bicyclic) bond motifs is 1. The molecule has 0 bridgehead atoms. The van der Waals surface area contributed by atoms with E-state index in [2.05, 4.69) is 11.9 Å². The summed E-state index contributed by atoms with van der Waals surface area (Å²) >= 11 is 1.42. The summed E-state index contributed by atoms with van der Waals surface area (Å²) in [7, 11) is 0. The number of benzene rings is 1. The summed E-state index contributed by atoms with van der Waals surface area (Å²) in [6, 6.07) is 3.53. The smallest absolute Gasteiger partial charge is 0.347 e. The van der Waals surface area contributed by atoms with E-state index < -0.39 is 12.1 Å². The van der Waals surface area contributed by atoms with Crippen LogP contribution in [0.15, 0.2) is 33.0 Å². The Morgan fingerprint density at radius 3 is 2.73 bits per heavy atom. The number of carbonyl (C=O) groups is 1. The first-order valence-corrected chi connectivity index (χ1v) is 11.2. The van der Waals surface area contributed by atoms with E-state index in [9.17, 15) is 9.59 Å². The minimum Gasteiger partial charge on any atom is -0.479 e. The van der Waals surface area contributed by atoms with Gasteiger partial charge in [0.25, 0.3) is 0 Å². The maximum Gasteiger partial charge on any atom is 0.347 e. The summed E-state index contributed by atoms with van der Waals surface area (Å²) in [5.74, 6) is 0.119. The predicted molar refractivity (Wildman–Crippen MR) is 118 cm³/mol. The van der Waals surface area contributed by atoms with Gasteiger partial charge in [-0.05, 0) is 45.2 Å². The third kappa shape index (κ3) is 4.90. The van der Waals surface area contributed by atoms with Crippen molar-refractivity contribution in [3.05, 3.63) is 45.3 Å². The van der Waals surface area contributed by atoms with Gasteiger partial charge in [0.1, 0.15) is 22.6 Å². The summed E-state index contributed by atoms with van der Waals surface area (Å²) in [5.41, 5.74) is 2.50. The molecule has 2 heterocycles.